The van der Waals surface area contributed by atoms with Crippen molar-refractivity contribution in [1.82, 2.24) is 4.98 Å². The van der Waals surface area contributed by atoms with Crippen LogP contribution in [0.25, 0.3) is 10.6 Å². The Kier molecular flexibility index (Phi) is 5.01. The normalized spacial score (nSPS) is 11.4. The zero-order valence-corrected chi connectivity index (χ0v) is 14.2. The van der Waals surface area contributed by atoms with Crippen LogP contribution in [0.4, 0.5) is 4.39 Å². The molecule has 2 aromatic rings. The summed E-state index contributed by atoms with van der Waals surface area (Å²) in [5.74, 6) is -1.25. The smallest absolute Gasteiger partial charge is 0.341 e. The van der Waals surface area contributed by atoms with Crippen molar-refractivity contribution in [2.75, 3.05) is 13.7 Å². The highest BCUT2D eigenvalue weighted by atomic mass is 32.1. The van der Waals surface area contributed by atoms with Crippen LogP contribution < -0.4 is 4.74 Å². The van der Waals surface area contributed by atoms with Gasteiger partial charge in [-0.2, -0.15) is 0 Å². The van der Waals surface area contributed by atoms with Gasteiger partial charge in [-0.3, -0.25) is 0 Å². The van der Waals surface area contributed by atoms with Crippen LogP contribution in [0.1, 0.15) is 29.1 Å². The molecule has 1 aromatic carbocycles. The van der Waals surface area contributed by atoms with Crippen LogP contribution in [0.3, 0.4) is 0 Å². The lowest BCUT2D eigenvalue weighted by molar-refractivity contribution is 0.0284. The lowest BCUT2D eigenvalue weighted by atomic mass is 10.1. The Morgan fingerprint density at radius 2 is 2.13 bits per heavy atom. The zero-order valence-electron chi connectivity index (χ0n) is 13.3. The van der Waals surface area contributed by atoms with Gasteiger partial charge in [0.25, 0.3) is 0 Å². The molecule has 0 saturated heterocycles. The number of aryl methyl sites for hydroxylation is 1. The summed E-state index contributed by atoms with van der Waals surface area (Å²) in [4.78, 5) is 16.9. The van der Waals surface area contributed by atoms with E-state index in [-0.39, 0.29) is 23.5 Å². The number of aromatic nitrogens is 1. The lowest BCUT2D eigenvalue weighted by Gasteiger charge is -2.18. The van der Waals surface area contributed by atoms with E-state index >= 15 is 0 Å². The summed E-state index contributed by atoms with van der Waals surface area (Å²) < 4.78 is 24.7. The first-order valence-corrected chi connectivity index (χ1v) is 7.73. The molecule has 23 heavy (non-hydrogen) atoms. The van der Waals surface area contributed by atoms with Crippen molar-refractivity contribution in [3.8, 4) is 16.3 Å². The van der Waals surface area contributed by atoms with Gasteiger partial charge in [0, 0.05) is 11.1 Å². The van der Waals surface area contributed by atoms with Crippen molar-refractivity contribution in [3.05, 3.63) is 34.6 Å². The number of esters is 1. The van der Waals surface area contributed by atoms with Crippen LogP contribution in [-0.4, -0.2) is 35.4 Å². The number of methoxy groups -OCH3 is 1. The van der Waals surface area contributed by atoms with Crippen molar-refractivity contribution < 1.29 is 23.8 Å². The molecule has 0 radical (unpaired) electrons. The zero-order chi connectivity index (χ0) is 17.2. The first-order chi connectivity index (χ1) is 10.7. The molecule has 124 valence electrons. The molecule has 0 atom stereocenters. The number of halogens is 1. The molecule has 0 bridgehead atoms. The predicted molar refractivity (Wildman–Crippen MR) is 85.4 cm³/mol. The second-order valence-corrected chi connectivity index (χ2v) is 6.94. The SMILES string of the molecule is COC(=O)c1cc(OCC(C)(C)O)cc(-c2ncc(C)s2)c1F. The molecular weight excluding hydrogens is 321 g/mol. The summed E-state index contributed by atoms with van der Waals surface area (Å²) in [6.07, 6.45) is 1.63. The molecule has 0 aliphatic carbocycles. The molecule has 0 amide bonds. The maximum absolute atomic E-state index is 14.6. The van der Waals surface area contributed by atoms with E-state index in [9.17, 15) is 14.3 Å². The molecule has 0 spiro atoms. The Morgan fingerprint density at radius 3 is 2.65 bits per heavy atom. The van der Waals surface area contributed by atoms with Crippen LogP contribution in [0.15, 0.2) is 18.3 Å². The first kappa shape index (κ1) is 17.4. The van der Waals surface area contributed by atoms with Crippen molar-refractivity contribution in [1.29, 1.82) is 0 Å². The fourth-order valence-corrected chi connectivity index (χ4v) is 2.61. The molecule has 0 fully saturated rings. The maximum atomic E-state index is 14.6. The van der Waals surface area contributed by atoms with Gasteiger partial charge in [-0.05, 0) is 32.9 Å². The highest BCUT2D eigenvalue weighted by Gasteiger charge is 2.22. The van der Waals surface area contributed by atoms with Crippen LogP contribution in [-0.2, 0) is 4.74 Å². The Labute approximate surface area is 137 Å². The minimum atomic E-state index is -1.06. The minimum absolute atomic E-state index is 0.00438. The molecular formula is C16H18FNO4S. The van der Waals surface area contributed by atoms with Crippen LogP contribution in [0.2, 0.25) is 0 Å². The lowest BCUT2D eigenvalue weighted by Crippen LogP contribution is -2.28. The van der Waals surface area contributed by atoms with Crippen molar-refractivity contribution in [3.63, 3.8) is 0 Å². The van der Waals surface area contributed by atoms with Gasteiger partial charge in [0.05, 0.1) is 23.8 Å². The number of hydrogen-bond acceptors (Lipinski definition) is 6. The van der Waals surface area contributed by atoms with Crippen molar-refractivity contribution in [2.45, 2.75) is 26.4 Å². The highest BCUT2D eigenvalue weighted by Crippen LogP contribution is 2.33. The summed E-state index contributed by atoms with van der Waals surface area (Å²) in [6, 6.07) is 2.72. The van der Waals surface area contributed by atoms with Gasteiger partial charge in [0.15, 0.2) is 0 Å². The topological polar surface area (TPSA) is 68.7 Å². The molecule has 2 rings (SSSR count). The van der Waals surface area contributed by atoms with Crippen LogP contribution in [0.5, 0.6) is 5.75 Å². The van der Waals surface area contributed by atoms with E-state index in [1.807, 2.05) is 6.92 Å². The van der Waals surface area contributed by atoms with Gasteiger partial charge in [-0.25, -0.2) is 14.2 Å². The number of hydrogen-bond donors (Lipinski definition) is 1. The van der Waals surface area contributed by atoms with E-state index in [0.29, 0.717) is 5.01 Å². The van der Waals surface area contributed by atoms with Crippen molar-refractivity contribution in [2.24, 2.45) is 0 Å². The van der Waals surface area contributed by atoms with E-state index in [1.54, 1.807) is 20.0 Å². The van der Waals surface area contributed by atoms with E-state index < -0.39 is 17.4 Å². The number of aliphatic hydroxyl groups is 1. The van der Waals surface area contributed by atoms with Gasteiger partial charge >= 0.3 is 5.97 Å². The Hall–Kier alpha value is -1.99. The minimum Gasteiger partial charge on any atom is -0.491 e. The second-order valence-electron chi connectivity index (χ2n) is 5.70. The van der Waals surface area contributed by atoms with Gasteiger partial charge in [-0.1, -0.05) is 0 Å². The molecule has 1 aromatic heterocycles. The van der Waals surface area contributed by atoms with Gasteiger partial charge in [0.2, 0.25) is 0 Å². The summed E-state index contributed by atoms with van der Waals surface area (Å²) in [6.45, 7) is 5.02. The van der Waals surface area contributed by atoms with E-state index in [2.05, 4.69) is 9.72 Å². The van der Waals surface area contributed by atoms with Crippen LogP contribution in [0, 0.1) is 12.7 Å². The predicted octanol–water partition coefficient (Wildman–Crippen LogP) is 3.19. The Balaban J connectivity index is 2.49. The third-order valence-electron chi connectivity index (χ3n) is 2.90. The third-order valence-corrected chi connectivity index (χ3v) is 3.84. The molecule has 0 unspecified atom stereocenters. The highest BCUT2D eigenvalue weighted by molar-refractivity contribution is 7.14. The molecule has 1 N–H and O–H groups in total. The number of nitrogens with zero attached hydrogens (tertiary/aromatic N) is 1. The molecule has 7 heteroatoms. The van der Waals surface area contributed by atoms with Crippen molar-refractivity contribution >= 4 is 17.3 Å². The van der Waals surface area contributed by atoms with Gasteiger partial charge in [0.1, 0.15) is 23.2 Å². The van der Waals surface area contributed by atoms with Gasteiger partial charge in [-0.15, -0.1) is 11.3 Å². The fraction of sp³-hybridized carbons (Fsp3) is 0.375. The molecule has 0 aliphatic heterocycles. The Bertz CT molecular complexity index is 721. The second kappa shape index (κ2) is 6.64. The largest absolute Gasteiger partial charge is 0.491 e. The number of ether oxygens (including phenoxy) is 2. The van der Waals surface area contributed by atoms with E-state index in [4.69, 9.17) is 4.74 Å². The average molecular weight is 339 g/mol. The number of thiazole rings is 1. The summed E-state index contributed by atoms with van der Waals surface area (Å²) >= 11 is 1.31. The fourth-order valence-electron chi connectivity index (χ4n) is 1.83. The quantitative estimate of drug-likeness (QED) is 0.847. The molecule has 0 saturated carbocycles. The number of benzene rings is 1. The van der Waals surface area contributed by atoms with E-state index in [0.717, 1.165) is 4.88 Å². The number of carbonyl (C=O) groups excluding carboxylic acids is 1. The Morgan fingerprint density at radius 1 is 1.43 bits per heavy atom. The number of carbonyl (C=O) groups is 1. The maximum Gasteiger partial charge on any atom is 0.341 e. The molecule has 1 heterocycles. The number of rotatable bonds is 5. The third kappa shape index (κ3) is 4.27. The average Bonchev–Trinajstić information content (AvgIpc) is 2.90. The monoisotopic (exact) mass is 339 g/mol. The summed E-state index contributed by atoms with van der Waals surface area (Å²) in [5, 5.41) is 10.2. The summed E-state index contributed by atoms with van der Waals surface area (Å²) in [7, 11) is 1.18. The molecule has 0 aliphatic rings. The summed E-state index contributed by atoms with van der Waals surface area (Å²) in [5.41, 5.74) is -1.13. The molecule has 5 nitrogen and oxygen atoms in total. The standard InChI is InChI=1S/C16H18FNO4S/c1-9-7-18-14(23-9)11-5-10(22-8-16(2,3)20)6-12(13(11)17)15(19)21-4/h5-7,20H,8H2,1-4H3. The van der Waals surface area contributed by atoms with Gasteiger partial charge < -0.3 is 14.6 Å². The first-order valence-electron chi connectivity index (χ1n) is 6.91. The van der Waals surface area contributed by atoms with Crippen LogP contribution >= 0.6 is 11.3 Å². The van der Waals surface area contributed by atoms with E-state index in [1.165, 1.54) is 30.6 Å².